The third-order valence-corrected chi connectivity index (χ3v) is 4.97. The highest BCUT2D eigenvalue weighted by Crippen LogP contribution is 2.32. The molecule has 0 N–H and O–H groups in total. The van der Waals surface area contributed by atoms with Gasteiger partial charge in [0.25, 0.3) is 0 Å². The number of aromatic nitrogens is 1. The van der Waals surface area contributed by atoms with Crippen LogP contribution in [0.3, 0.4) is 0 Å². The molecule has 0 aliphatic carbocycles. The van der Waals surface area contributed by atoms with Gasteiger partial charge in [-0.3, -0.25) is 4.79 Å². The summed E-state index contributed by atoms with van der Waals surface area (Å²) < 4.78 is 0. The monoisotopic (exact) mass is 381 g/mol. The third kappa shape index (κ3) is 5.12. The maximum atomic E-state index is 13.3. The molecule has 28 heavy (non-hydrogen) atoms. The number of carbonyl (C=O) groups is 1. The van der Waals surface area contributed by atoms with E-state index in [4.69, 9.17) is 0 Å². The first-order valence-corrected chi connectivity index (χ1v) is 10.3. The number of amides is 1. The number of para-hydroxylation sites is 1. The Labute approximate surface area is 170 Å². The number of anilines is 2. The number of nitrogens with zero attached hydrogens (tertiary/aromatic N) is 3. The molecule has 0 atom stereocenters. The zero-order valence-electron chi connectivity index (χ0n) is 18.5. The fraction of sp³-hybridized carbons (Fsp3) is 0.500. The maximum Gasteiger partial charge on any atom is 0.232 e. The van der Waals surface area contributed by atoms with Gasteiger partial charge >= 0.3 is 0 Å². The van der Waals surface area contributed by atoms with Crippen molar-refractivity contribution in [2.24, 2.45) is 5.41 Å². The summed E-state index contributed by atoms with van der Waals surface area (Å²) in [7, 11) is 0. The van der Waals surface area contributed by atoms with Crippen molar-refractivity contribution in [3.63, 3.8) is 0 Å². The lowest BCUT2D eigenvalue weighted by atomic mass is 9.92. The molecule has 1 aromatic heterocycles. The van der Waals surface area contributed by atoms with Crippen LogP contribution in [0.5, 0.6) is 0 Å². The van der Waals surface area contributed by atoms with Crippen LogP contribution >= 0.6 is 0 Å². The van der Waals surface area contributed by atoms with Gasteiger partial charge in [-0.2, -0.15) is 0 Å². The highest BCUT2D eigenvalue weighted by molar-refractivity contribution is 5.97. The molecule has 1 heterocycles. The van der Waals surface area contributed by atoms with E-state index in [9.17, 15) is 4.79 Å². The normalized spacial score (nSPS) is 11.6. The SMILES string of the molecule is CCN(CC)c1ccc(CN(C(=O)C(C)(C)C)c2ccccc2C(C)C)cn1. The van der Waals surface area contributed by atoms with Crippen molar-refractivity contribution in [1.82, 2.24) is 4.98 Å². The first-order chi connectivity index (χ1) is 13.2. The number of hydrogen-bond acceptors (Lipinski definition) is 3. The molecule has 0 fully saturated rings. The predicted octanol–water partition coefficient (Wildman–Crippen LogP) is 5.63. The van der Waals surface area contributed by atoms with Crippen molar-refractivity contribution < 1.29 is 4.79 Å². The smallest absolute Gasteiger partial charge is 0.232 e. The quantitative estimate of drug-likeness (QED) is 0.623. The Morgan fingerprint density at radius 3 is 2.18 bits per heavy atom. The van der Waals surface area contributed by atoms with Gasteiger partial charge in [0.15, 0.2) is 0 Å². The summed E-state index contributed by atoms with van der Waals surface area (Å²) in [6, 6.07) is 12.4. The van der Waals surface area contributed by atoms with Gasteiger partial charge in [0, 0.05) is 30.4 Å². The zero-order chi connectivity index (χ0) is 20.9. The summed E-state index contributed by atoms with van der Waals surface area (Å²) >= 11 is 0. The number of hydrogen-bond donors (Lipinski definition) is 0. The minimum absolute atomic E-state index is 0.119. The van der Waals surface area contributed by atoms with Crippen molar-refractivity contribution in [2.75, 3.05) is 22.9 Å². The number of pyridine rings is 1. The first-order valence-electron chi connectivity index (χ1n) is 10.3. The maximum absolute atomic E-state index is 13.3. The van der Waals surface area contributed by atoms with Crippen LogP contribution in [0.1, 0.15) is 65.5 Å². The highest BCUT2D eigenvalue weighted by Gasteiger charge is 2.30. The average molecular weight is 382 g/mol. The summed E-state index contributed by atoms with van der Waals surface area (Å²) in [4.78, 5) is 22.1. The molecule has 0 bridgehead atoms. The average Bonchev–Trinajstić information content (AvgIpc) is 2.67. The summed E-state index contributed by atoms with van der Waals surface area (Å²) in [6.07, 6.45) is 1.90. The van der Waals surface area contributed by atoms with E-state index < -0.39 is 5.41 Å². The molecule has 0 saturated carbocycles. The number of rotatable bonds is 7. The third-order valence-electron chi connectivity index (χ3n) is 4.97. The van der Waals surface area contributed by atoms with Gasteiger partial charge in [0.05, 0.1) is 6.54 Å². The molecule has 1 amide bonds. The predicted molar refractivity (Wildman–Crippen MR) is 119 cm³/mol. The molecule has 0 radical (unpaired) electrons. The van der Waals surface area contributed by atoms with Gasteiger partial charge in [-0.15, -0.1) is 0 Å². The lowest BCUT2D eigenvalue weighted by Crippen LogP contribution is -2.39. The van der Waals surface area contributed by atoms with Crippen LogP contribution in [0.4, 0.5) is 11.5 Å². The Bertz CT molecular complexity index is 771. The molecule has 0 aliphatic heterocycles. The summed E-state index contributed by atoms with van der Waals surface area (Å²) in [5.74, 6) is 1.44. The second kappa shape index (κ2) is 9.22. The van der Waals surface area contributed by atoms with Crippen LogP contribution in [0.15, 0.2) is 42.6 Å². The lowest BCUT2D eigenvalue weighted by molar-refractivity contribution is -0.125. The molecule has 1 aromatic carbocycles. The largest absolute Gasteiger partial charge is 0.357 e. The van der Waals surface area contributed by atoms with E-state index in [0.29, 0.717) is 12.5 Å². The van der Waals surface area contributed by atoms with Crippen molar-refractivity contribution in [3.05, 3.63) is 53.7 Å². The Morgan fingerprint density at radius 1 is 1.04 bits per heavy atom. The van der Waals surface area contributed by atoms with Crippen LogP contribution in [0.2, 0.25) is 0 Å². The Balaban J connectivity index is 2.41. The molecule has 0 saturated heterocycles. The van der Waals surface area contributed by atoms with E-state index in [1.165, 1.54) is 5.56 Å². The minimum atomic E-state index is -0.460. The van der Waals surface area contributed by atoms with E-state index in [-0.39, 0.29) is 5.91 Å². The molecular weight excluding hydrogens is 346 g/mol. The fourth-order valence-corrected chi connectivity index (χ4v) is 3.32. The van der Waals surface area contributed by atoms with E-state index >= 15 is 0 Å². The second-order valence-corrected chi connectivity index (χ2v) is 8.55. The molecule has 0 unspecified atom stereocenters. The molecule has 4 nitrogen and oxygen atoms in total. The summed E-state index contributed by atoms with van der Waals surface area (Å²) in [5, 5.41) is 0. The van der Waals surface area contributed by atoms with Crippen LogP contribution in [-0.4, -0.2) is 24.0 Å². The van der Waals surface area contributed by atoms with Crippen molar-refractivity contribution in [1.29, 1.82) is 0 Å². The van der Waals surface area contributed by atoms with Gasteiger partial charge in [-0.05, 0) is 43.0 Å². The van der Waals surface area contributed by atoms with Gasteiger partial charge in [-0.1, -0.05) is 58.9 Å². The van der Waals surface area contributed by atoms with E-state index in [1.54, 1.807) is 0 Å². The highest BCUT2D eigenvalue weighted by atomic mass is 16.2. The van der Waals surface area contributed by atoms with Gasteiger partial charge in [0.2, 0.25) is 5.91 Å². The lowest BCUT2D eigenvalue weighted by Gasteiger charge is -2.32. The number of benzene rings is 1. The standard InChI is InChI=1S/C24H35N3O/c1-8-26(9-2)22-15-14-19(16-25-22)17-27(23(28)24(5,6)7)21-13-11-10-12-20(21)18(3)4/h10-16,18H,8-9,17H2,1-7H3. The molecule has 2 rings (SSSR count). The molecule has 152 valence electrons. The Hall–Kier alpha value is -2.36. The van der Waals surface area contributed by atoms with Crippen LogP contribution in [0.25, 0.3) is 0 Å². The van der Waals surface area contributed by atoms with Crippen molar-refractivity contribution in [2.45, 2.75) is 60.9 Å². The van der Waals surface area contributed by atoms with E-state index in [0.717, 1.165) is 30.2 Å². The molecule has 0 spiro atoms. The number of carbonyl (C=O) groups excluding carboxylic acids is 1. The molecule has 2 aromatic rings. The molecule has 0 aliphatic rings. The molecule has 4 heteroatoms. The Kier molecular flexibility index (Phi) is 7.22. The van der Waals surface area contributed by atoms with Crippen LogP contribution in [-0.2, 0) is 11.3 Å². The summed E-state index contributed by atoms with van der Waals surface area (Å²) in [6.45, 7) is 16.9. The van der Waals surface area contributed by atoms with E-state index in [1.807, 2.05) is 44.0 Å². The van der Waals surface area contributed by atoms with Gasteiger partial charge in [0.1, 0.15) is 5.82 Å². The second-order valence-electron chi connectivity index (χ2n) is 8.55. The Morgan fingerprint density at radius 2 is 1.68 bits per heavy atom. The van der Waals surface area contributed by atoms with Crippen LogP contribution in [0, 0.1) is 5.41 Å². The van der Waals surface area contributed by atoms with Crippen LogP contribution < -0.4 is 9.80 Å². The molecular formula is C24H35N3O. The fourth-order valence-electron chi connectivity index (χ4n) is 3.32. The minimum Gasteiger partial charge on any atom is -0.357 e. The van der Waals surface area contributed by atoms with Crippen molar-refractivity contribution >= 4 is 17.4 Å². The zero-order valence-corrected chi connectivity index (χ0v) is 18.5. The topological polar surface area (TPSA) is 36.4 Å². The van der Waals surface area contributed by atoms with E-state index in [2.05, 4.69) is 61.8 Å². The first kappa shape index (κ1) is 21.9. The van der Waals surface area contributed by atoms with Gasteiger partial charge in [-0.25, -0.2) is 4.98 Å². The van der Waals surface area contributed by atoms with Gasteiger partial charge < -0.3 is 9.80 Å². The van der Waals surface area contributed by atoms with Crippen molar-refractivity contribution in [3.8, 4) is 0 Å². The summed E-state index contributed by atoms with van der Waals surface area (Å²) in [5.41, 5.74) is 2.75.